The minimum absolute atomic E-state index is 0.0101. The Hall–Kier alpha value is -1.14. The molecule has 0 aromatic rings. The van der Waals surface area contributed by atoms with Crippen LogP contribution >= 0.6 is 0 Å². The molecule has 0 spiro atoms. The Balaban J connectivity index is 1.81. The van der Waals surface area contributed by atoms with Gasteiger partial charge in [0.2, 0.25) is 11.8 Å². The molecule has 2 unspecified atom stereocenters. The summed E-state index contributed by atoms with van der Waals surface area (Å²) >= 11 is 0. The van der Waals surface area contributed by atoms with Crippen LogP contribution < -0.4 is 11.1 Å². The fourth-order valence-corrected chi connectivity index (χ4v) is 2.54. The van der Waals surface area contributed by atoms with Crippen molar-refractivity contribution in [1.82, 2.24) is 10.2 Å². The Morgan fingerprint density at radius 1 is 1.37 bits per heavy atom. The summed E-state index contributed by atoms with van der Waals surface area (Å²) in [6.45, 7) is 4.15. The smallest absolute Gasteiger partial charge is 0.241 e. The number of nitrogens with one attached hydrogen (secondary N) is 1. The van der Waals surface area contributed by atoms with Crippen molar-refractivity contribution in [2.75, 3.05) is 32.8 Å². The predicted molar refractivity (Wildman–Crippen MR) is 70.3 cm³/mol. The number of carbonyl (C=O) groups excluding carboxylic acids is 2. The lowest BCUT2D eigenvalue weighted by atomic mass is 9.85. The molecule has 6 heteroatoms. The quantitative estimate of drug-likeness (QED) is 0.722. The molecule has 0 radical (unpaired) electrons. The summed E-state index contributed by atoms with van der Waals surface area (Å²) in [6.07, 6.45) is 3.28. The van der Waals surface area contributed by atoms with Crippen molar-refractivity contribution in [3.8, 4) is 0 Å². The molecular formula is C13H23N3O3. The largest absolute Gasteiger partial charge is 0.379 e. The molecule has 108 valence electrons. The Morgan fingerprint density at radius 2 is 2.05 bits per heavy atom. The summed E-state index contributed by atoms with van der Waals surface area (Å²) in [5.41, 5.74) is 5.16. The second-order valence-corrected chi connectivity index (χ2v) is 5.66. The van der Waals surface area contributed by atoms with Gasteiger partial charge in [-0.05, 0) is 26.2 Å². The molecule has 2 aliphatic rings. The van der Waals surface area contributed by atoms with Gasteiger partial charge in [-0.15, -0.1) is 0 Å². The average molecular weight is 269 g/mol. The van der Waals surface area contributed by atoms with E-state index in [-0.39, 0.29) is 24.4 Å². The molecule has 3 N–H and O–H groups in total. The van der Waals surface area contributed by atoms with Crippen LogP contribution in [0.3, 0.4) is 0 Å². The molecule has 2 amide bonds. The molecule has 2 heterocycles. The summed E-state index contributed by atoms with van der Waals surface area (Å²) in [4.78, 5) is 25.9. The third-order valence-corrected chi connectivity index (χ3v) is 4.15. The molecule has 0 aliphatic carbocycles. The van der Waals surface area contributed by atoms with E-state index in [2.05, 4.69) is 5.32 Å². The Morgan fingerprint density at radius 3 is 2.63 bits per heavy atom. The lowest BCUT2D eigenvalue weighted by molar-refractivity contribution is -0.136. The van der Waals surface area contributed by atoms with Crippen LogP contribution in [0.2, 0.25) is 0 Å². The number of carbonyl (C=O) groups is 2. The van der Waals surface area contributed by atoms with E-state index in [1.54, 1.807) is 6.92 Å². The standard InChI is InChI=1S/C13H23N3O3/c1-13(9-19-8-10(13)14)12(18)15-7-11(17)16-5-3-2-4-6-16/h10H,2-9,14H2,1H3,(H,15,18). The molecule has 19 heavy (non-hydrogen) atoms. The van der Waals surface area contributed by atoms with Crippen LogP contribution in [0.5, 0.6) is 0 Å². The van der Waals surface area contributed by atoms with Crippen LogP contribution in [0.1, 0.15) is 26.2 Å². The number of amides is 2. The summed E-state index contributed by atoms with van der Waals surface area (Å²) in [5.74, 6) is -0.202. The van der Waals surface area contributed by atoms with Gasteiger partial charge in [-0.1, -0.05) is 0 Å². The molecule has 2 fully saturated rings. The summed E-state index contributed by atoms with van der Waals surface area (Å²) in [6, 6.07) is -0.308. The summed E-state index contributed by atoms with van der Waals surface area (Å²) in [7, 11) is 0. The van der Waals surface area contributed by atoms with Crippen LogP contribution in [-0.2, 0) is 14.3 Å². The third kappa shape index (κ3) is 3.06. The van der Waals surface area contributed by atoms with Crippen molar-refractivity contribution in [2.24, 2.45) is 11.1 Å². The van der Waals surface area contributed by atoms with E-state index in [1.165, 1.54) is 6.42 Å². The predicted octanol–water partition coefficient (Wildman–Crippen LogP) is -0.521. The second kappa shape index (κ2) is 5.88. The minimum atomic E-state index is -0.720. The lowest BCUT2D eigenvalue weighted by Gasteiger charge is -2.28. The van der Waals surface area contributed by atoms with Gasteiger partial charge in [0.15, 0.2) is 0 Å². The van der Waals surface area contributed by atoms with E-state index in [9.17, 15) is 9.59 Å². The molecule has 2 atom stereocenters. The molecule has 0 bridgehead atoms. The first kappa shape index (κ1) is 14.3. The summed E-state index contributed by atoms with van der Waals surface area (Å²) < 4.78 is 5.24. The number of nitrogens with zero attached hydrogens (tertiary/aromatic N) is 1. The molecule has 2 rings (SSSR count). The van der Waals surface area contributed by atoms with E-state index >= 15 is 0 Å². The van der Waals surface area contributed by atoms with E-state index in [1.807, 2.05) is 4.90 Å². The van der Waals surface area contributed by atoms with Crippen molar-refractivity contribution >= 4 is 11.8 Å². The Kier molecular flexibility index (Phi) is 4.42. The average Bonchev–Trinajstić information content (AvgIpc) is 2.78. The number of hydrogen-bond donors (Lipinski definition) is 2. The first-order valence-electron chi connectivity index (χ1n) is 6.93. The van der Waals surface area contributed by atoms with Crippen LogP contribution in [0.4, 0.5) is 0 Å². The second-order valence-electron chi connectivity index (χ2n) is 5.66. The number of piperidine rings is 1. The zero-order valence-corrected chi connectivity index (χ0v) is 11.5. The van der Waals surface area contributed by atoms with Crippen molar-refractivity contribution in [3.05, 3.63) is 0 Å². The maximum absolute atomic E-state index is 12.1. The highest BCUT2D eigenvalue weighted by Gasteiger charge is 2.44. The molecular weight excluding hydrogens is 246 g/mol. The van der Waals surface area contributed by atoms with Gasteiger partial charge in [0.05, 0.1) is 25.2 Å². The number of hydrogen-bond acceptors (Lipinski definition) is 4. The molecule has 2 aliphatic heterocycles. The SMILES string of the molecule is CC1(C(=O)NCC(=O)N2CCCCC2)COCC1N. The van der Waals surface area contributed by atoms with Gasteiger partial charge in [0, 0.05) is 19.1 Å². The highest BCUT2D eigenvalue weighted by molar-refractivity contribution is 5.88. The zero-order chi connectivity index (χ0) is 13.9. The number of nitrogens with two attached hydrogens (primary N) is 1. The van der Waals surface area contributed by atoms with Crippen LogP contribution in [0.15, 0.2) is 0 Å². The lowest BCUT2D eigenvalue weighted by Crippen LogP contribution is -2.52. The highest BCUT2D eigenvalue weighted by atomic mass is 16.5. The first-order valence-corrected chi connectivity index (χ1v) is 6.93. The van der Waals surface area contributed by atoms with Gasteiger partial charge in [0.1, 0.15) is 0 Å². The van der Waals surface area contributed by atoms with Gasteiger partial charge in [-0.2, -0.15) is 0 Å². The van der Waals surface area contributed by atoms with Crippen molar-refractivity contribution in [3.63, 3.8) is 0 Å². The number of ether oxygens (including phenoxy) is 1. The van der Waals surface area contributed by atoms with Gasteiger partial charge in [0.25, 0.3) is 0 Å². The topological polar surface area (TPSA) is 84.7 Å². The van der Waals surface area contributed by atoms with Crippen molar-refractivity contribution in [1.29, 1.82) is 0 Å². The van der Waals surface area contributed by atoms with Crippen LogP contribution in [-0.4, -0.2) is 55.6 Å². The van der Waals surface area contributed by atoms with Gasteiger partial charge in [-0.3, -0.25) is 9.59 Å². The molecule has 6 nitrogen and oxygen atoms in total. The minimum Gasteiger partial charge on any atom is -0.379 e. The number of rotatable bonds is 3. The van der Waals surface area contributed by atoms with Gasteiger partial charge < -0.3 is 20.7 Å². The van der Waals surface area contributed by atoms with E-state index in [4.69, 9.17) is 10.5 Å². The fraction of sp³-hybridized carbons (Fsp3) is 0.846. The van der Waals surface area contributed by atoms with Gasteiger partial charge >= 0.3 is 0 Å². The van der Waals surface area contributed by atoms with Gasteiger partial charge in [-0.25, -0.2) is 0 Å². The first-order chi connectivity index (χ1) is 9.04. The maximum Gasteiger partial charge on any atom is 0.241 e. The molecule has 0 aromatic carbocycles. The maximum atomic E-state index is 12.1. The highest BCUT2D eigenvalue weighted by Crippen LogP contribution is 2.26. The fourth-order valence-electron chi connectivity index (χ4n) is 2.54. The van der Waals surface area contributed by atoms with Crippen molar-refractivity contribution in [2.45, 2.75) is 32.2 Å². The normalized spacial score (nSPS) is 31.3. The molecule has 0 saturated carbocycles. The zero-order valence-electron chi connectivity index (χ0n) is 11.5. The third-order valence-electron chi connectivity index (χ3n) is 4.15. The van der Waals surface area contributed by atoms with Crippen molar-refractivity contribution < 1.29 is 14.3 Å². The summed E-state index contributed by atoms with van der Waals surface area (Å²) in [5, 5.41) is 2.70. The number of likely N-dealkylation sites (tertiary alicyclic amines) is 1. The monoisotopic (exact) mass is 269 g/mol. The molecule has 2 saturated heterocycles. The van der Waals surface area contributed by atoms with Crippen LogP contribution in [0.25, 0.3) is 0 Å². The van der Waals surface area contributed by atoms with E-state index in [0.717, 1.165) is 25.9 Å². The van der Waals surface area contributed by atoms with E-state index in [0.29, 0.717) is 13.2 Å². The van der Waals surface area contributed by atoms with Crippen LogP contribution in [0, 0.1) is 5.41 Å². The van der Waals surface area contributed by atoms with E-state index < -0.39 is 5.41 Å². The Bertz CT molecular complexity index is 355. The molecule has 0 aromatic heterocycles. The Labute approximate surface area is 113 Å².